The van der Waals surface area contributed by atoms with Crippen molar-refractivity contribution in [2.24, 2.45) is 10.8 Å². The molecule has 0 heterocycles. The molecule has 0 aliphatic carbocycles. The van der Waals surface area contributed by atoms with Crippen LogP contribution in [0.2, 0.25) is 0 Å². The van der Waals surface area contributed by atoms with Crippen molar-refractivity contribution in [1.82, 2.24) is 5.43 Å². The molecule has 0 unspecified atom stereocenters. The standard InChI is InChI=1S/C26H24N4O6/c1-15-5-4-6-19(13-15)26(34)36-21-12-9-18(14-22(21)35-3)16(2)29-30-25(33)24(32)28-20-10-7-17(8-11-20)23(27)31/h4-14H,1-3H3,(H2,27,31)(H,28,32)(H,30,33). The highest BCUT2D eigenvalue weighted by atomic mass is 16.6. The number of rotatable bonds is 7. The van der Waals surface area contributed by atoms with Crippen LogP contribution < -0.4 is 25.9 Å². The normalized spacial score (nSPS) is 10.8. The Labute approximate surface area is 207 Å². The molecule has 10 nitrogen and oxygen atoms in total. The summed E-state index contributed by atoms with van der Waals surface area (Å²) in [5.74, 6) is -2.58. The molecule has 0 aliphatic rings. The lowest BCUT2D eigenvalue weighted by atomic mass is 10.1. The number of hydrazone groups is 1. The van der Waals surface area contributed by atoms with Gasteiger partial charge in [-0.1, -0.05) is 17.7 Å². The van der Waals surface area contributed by atoms with E-state index in [0.29, 0.717) is 22.5 Å². The molecule has 0 saturated heterocycles. The van der Waals surface area contributed by atoms with Crippen molar-refractivity contribution in [3.63, 3.8) is 0 Å². The molecule has 0 radical (unpaired) electrons. The number of nitrogens with two attached hydrogens (primary N) is 1. The molecule has 0 saturated carbocycles. The van der Waals surface area contributed by atoms with Gasteiger partial charge in [0, 0.05) is 16.8 Å². The summed E-state index contributed by atoms with van der Waals surface area (Å²) >= 11 is 0. The molecule has 3 aromatic rings. The fourth-order valence-corrected chi connectivity index (χ4v) is 3.06. The average molecular weight is 489 g/mol. The summed E-state index contributed by atoms with van der Waals surface area (Å²) in [6, 6.07) is 17.5. The maximum absolute atomic E-state index is 12.5. The number of nitrogens with one attached hydrogen (secondary N) is 2. The fourth-order valence-electron chi connectivity index (χ4n) is 3.06. The maximum atomic E-state index is 12.5. The molecule has 0 aliphatic heterocycles. The van der Waals surface area contributed by atoms with Crippen molar-refractivity contribution in [2.45, 2.75) is 13.8 Å². The molecule has 3 aromatic carbocycles. The van der Waals surface area contributed by atoms with Gasteiger partial charge in [-0.05, 0) is 68.4 Å². The Hall–Kier alpha value is -4.99. The lowest BCUT2D eigenvalue weighted by molar-refractivity contribution is -0.136. The van der Waals surface area contributed by atoms with E-state index in [0.717, 1.165) is 5.56 Å². The van der Waals surface area contributed by atoms with Crippen LogP contribution in [0.4, 0.5) is 5.69 Å². The molecule has 184 valence electrons. The van der Waals surface area contributed by atoms with Gasteiger partial charge in [-0.15, -0.1) is 0 Å². The van der Waals surface area contributed by atoms with E-state index < -0.39 is 23.7 Å². The minimum atomic E-state index is -0.996. The van der Waals surface area contributed by atoms with Gasteiger partial charge in [-0.3, -0.25) is 14.4 Å². The Morgan fingerprint density at radius 2 is 1.53 bits per heavy atom. The van der Waals surface area contributed by atoms with Crippen LogP contribution in [-0.4, -0.2) is 36.5 Å². The number of aryl methyl sites for hydroxylation is 1. The molecular formula is C26H24N4O6. The second-order valence-electron chi connectivity index (χ2n) is 7.66. The van der Waals surface area contributed by atoms with E-state index in [-0.39, 0.29) is 17.1 Å². The second-order valence-corrected chi connectivity index (χ2v) is 7.66. The summed E-state index contributed by atoms with van der Waals surface area (Å²) in [5, 5.41) is 6.34. The van der Waals surface area contributed by atoms with Crippen LogP contribution in [0.15, 0.2) is 71.8 Å². The van der Waals surface area contributed by atoms with Gasteiger partial charge in [-0.25, -0.2) is 10.2 Å². The first kappa shape index (κ1) is 25.6. The lowest BCUT2D eigenvalue weighted by Gasteiger charge is -2.11. The van der Waals surface area contributed by atoms with E-state index >= 15 is 0 Å². The number of nitrogens with zero attached hydrogens (tertiary/aromatic N) is 1. The number of benzene rings is 3. The third kappa shape index (κ3) is 6.54. The first-order valence-electron chi connectivity index (χ1n) is 10.7. The topological polar surface area (TPSA) is 149 Å². The molecule has 36 heavy (non-hydrogen) atoms. The van der Waals surface area contributed by atoms with Crippen molar-refractivity contribution in [2.75, 3.05) is 12.4 Å². The molecule has 0 spiro atoms. The van der Waals surface area contributed by atoms with Crippen molar-refractivity contribution >= 4 is 35.1 Å². The number of hydrogen-bond donors (Lipinski definition) is 3. The minimum Gasteiger partial charge on any atom is -0.493 e. The van der Waals surface area contributed by atoms with Crippen molar-refractivity contribution in [1.29, 1.82) is 0 Å². The molecule has 3 amide bonds. The molecule has 0 bridgehead atoms. The number of primary amides is 1. The van der Waals surface area contributed by atoms with Gasteiger partial charge in [0.2, 0.25) is 5.91 Å². The highest BCUT2D eigenvalue weighted by Gasteiger charge is 2.16. The Balaban J connectivity index is 1.64. The second kappa shape index (κ2) is 11.4. The summed E-state index contributed by atoms with van der Waals surface area (Å²) in [6.07, 6.45) is 0. The van der Waals surface area contributed by atoms with Gasteiger partial charge in [-0.2, -0.15) is 5.10 Å². The highest BCUT2D eigenvalue weighted by Crippen LogP contribution is 2.29. The monoisotopic (exact) mass is 488 g/mol. The number of carbonyl (C=O) groups is 4. The number of hydrogen-bond acceptors (Lipinski definition) is 7. The van der Waals surface area contributed by atoms with Gasteiger partial charge < -0.3 is 20.5 Å². The molecule has 3 rings (SSSR count). The highest BCUT2D eigenvalue weighted by molar-refractivity contribution is 6.39. The maximum Gasteiger partial charge on any atom is 0.343 e. The van der Waals surface area contributed by atoms with E-state index in [1.807, 2.05) is 13.0 Å². The lowest BCUT2D eigenvalue weighted by Crippen LogP contribution is -2.33. The number of carbonyl (C=O) groups excluding carboxylic acids is 4. The predicted octanol–water partition coefficient (Wildman–Crippen LogP) is 2.80. The Kier molecular flexibility index (Phi) is 8.14. The summed E-state index contributed by atoms with van der Waals surface area (Å²) in [4.78, 5) is 47.8. The average Bonchev–Trinajstić information content (AvgIpc) is 2.87. The van der Waals surface area contributed by atoms with Crippen LogP contribution in [-0.2, 0) is 9.59 Å². The first-order chi connectivity index (χ1) is 17.2. The molecular weight excluding hydrogens is 464 g/mol. The van der Waals surface area contributed by atoms with Crippen LogP contribution >= 0.6 is 0 Å². The van der Waals surface area contributed by atoms with E-state index in [4.69, 9.17) is 15.2 Å². The smallest absolute Gasteiger partial charge is 0.343 e. The SMILES string of the molecule is COc1cc(C(C)=NNC(=O)C(=O)Nc2ccc(C(N)=O)cc2)ccc1OC(=O)c1cccc(C)c1. The van der Waals surface area contributed by atoms with Gasteiger partial charge in [0.05, 0.1) is 18.4 Å². The third-order valence-corrected chi connectivity index (χ3v) is 5.00. The quantitative estimate of drug-likeness (QED) is 0.153. The summed E-state index contributed by atoms with van der Waals surface area (Å²) in [7, 11) is 1.43. The van der Waals surface area contributed by atoms with Crippen molar-refractivity contribution in [3.05, 3.63) is 89.0 Å². The molecule has 4 N–H and O–H groups in total. The minimum absolute atomic E-state index is 0.214. The molecule has 10 heteroatoms. The van der Waals surface area contributed by atoms with Crippen LogP contribution in [0.25, 0.3) is 0 Å². The van der Waals surface area contributed by atoms with Crippen LogP contribution in [0.3, 0.4) is 0 Å². The van der Waals surface area contributed by atoms with Crippen LogP contribution in [0.5, 0.6) is 11.5 Å². The molecule has 0 fully saturated rings. The van der Waals surface area contributed by atoms with Crippen LogP contribution in [0, 0.1) is 6.92 Å². The Morgan fingerprint density at radius 3 is 2.17 bits per heavy atom. The number of ether oxygens (including phenoxy) is 2. The number of esters is 1. The molecule has 0 atom stereocenters. The Morgan fingerprint density at radius 1 is 0.833 bits per heavy atom. The van der Waals surface area contributed by atoms with Crippen molar-refractivity contribution in [3.8, 4) is 11.5 Å². The van der Waals surface area contributed by atoms with E-state index in [2.05, 4.69) is 15.8 Å². The number of anilines is 1. The van der Waals surface area contributed by atoms with E-state index in [1.54, 1.807) is 43.3 Å². The van der Waals surface area contributed by atoms with Crippen LogP contribution in [0.1, 0.15) is 38.8 Å². The first-order valence-corrected chi connectivity index (χ1v) is 10.7. The van der Waals surface area contributed by atoms with Gasteiger partial charge in [0.25, 0.3) is 0 Å². The van der Waals surface area contributed by atoms with Crippen molar-refractivity contribution < 1.29 is 28.7 Å². The van der Waals surface area contributed by atoms with Gasteiger partial charge >= 0.3 is 17.8 Å². The van der Waals surface area contributed by atoms with Gasteiger partial charge in [0.1, 0.15) is 0 Å². The summed E-state index contributed by atoms with van der Waals surface area (Å²) in [6.45, 7) is 3.49. The number of methoxy groups -OCH3 is 1. The fraction of sp³-hybridized carbons (Fsp3) is 0.115. The zero-order chi connectivity index (χ0) is 26.2. The van der Waals surface area contributed by atoms with E-state index in [1.165, 1.54) is 31.4 Å². The zero-order valence-corrected chi connectivity index (χ0v) is 19.8. The zero-order valence-electron chi connectivity index (χ0n) is 19.8. The summed E-state index contributed by atoms with van der Waals surface area (Å²) in [5.41, 5.74) is 10.2. The number of amides is 3. The van der Waals surface area contributed by atoms with Gasteiger partial charge in [0.15, 0.2) is 11.5 Å². The summed E-state index contributed by atoms with van der Waals surface area (Å²) < 4.78 is 10.8. The third-order valence-electron chi connectivity index (χ3n) is 5.00. The Bertz CT molecular complexity index is 1350. The molecule has 0 aromatic heterocycles. The van der Waals surface area contributed by atoms with E-state index in [9.17, 15) is 19.2 Å². The largest absolute Gasteiger partial charge is 0.493 e. The predicted molar refractivity (Wildman–Crippen MR) is 133 cm³/mol.